The Morgan fingerprint density at radius 2 is 2.31 bits per heavy atom. The van der Waals surface area contributed by atoms with Gasteiger partial charge in [-0.1, -0.05) is 12.1 Å². The molecule has 0 radical (unpaired) electrons. The normalized spacial score (nSPS) is 21.2. The number of rotatable bonds is 2. The van der Waals surface area contributed by atoms with Gasteiger partial charge in [0, 0.05) is 24.7 Å². The number of aryl methyl sites for hydroxylation is 1. The maximum Gasteiger partial charge on any atom is 0.0722 e. The molecule has 0 N–H and O–H groups in total. The third kappa shape index (κ3) is 2.50. The number of hydrogen-bond donors (Lipinski definition) is 0. The molecule has 1 saturated heterocycles. The van der Waals surface area contributed by atoms with E-state index in [9.17, 15) is 0 Å². The lowest BCUT2D eigenvalue weighted by Crippen LogP contribution is -2.41. The van der Waals surface area contributed by atoms with Crippen LogP contribution >= 0.6 is 11.6 Å². The van der Waals surface area contributed by atoms with Crippen LogP contribution in [0.15, 0.2) is 18.2 Å². The van der Waals surface area contributed by atoms with Gasteiger partial charge in [-0.2, -0.15) is 0 Å². The van der Waals surface area contributed by atoms with E-state index in [1.807, 2.05) is 0 Å². The van der Waals surface area contributed by atoms with E-state index in [-0.39, 0.29) is 0 Å². The molecule has 0 saturated carbocycles. The zero-order valence-corrected chi connectivity index (χ0v) is 10.6. The highest BCUT2D eigenvalue weighted by molar-refractivity contribution is 6.17. The summed E-state index contributed by atoms with van der Waals surface area (Å²) in [5.41, 5.74) is 3.79. The molecule has 88 valence electrons. The summed E-state index contributed by atoms with van der Waals surface area (Å²) < 4.78 is 5.55. The average molecular weight is 240 g/mol. The zero-order chi connectivity index (χ0) is 11.5. The summed E-state index contributed by atoms with van der Waals surface area (Å²) in [6.45, 7) is 7.03. The van der Waals surface area contributed by atoms with E-state index in [0.717, 1.165) is 19.7 Å². The molecule has 16 heavy (non-hydrogen) atoms. The maximum atomic E-state index is 5.83. The molecule has 0 aliphatic carbocycles. The Balaban J connectivity index is 2.19. The number of alkyl halides is 1. The summed E-state index contributed by atoms with van der Waals surface area (Å²) in [4.78, 5) is 2.39. The molecule has 1 aromatic rings. The van der Waals surface area contributed by atoms with E-state index in [2.05, 4.69) is 36.9 Å². The first kappa shape index (κ1) is 11.7. The largest absolute Gasteiger partial charge is 0.375 e. The first-order valence-corrected chi connectivity index (χ1v) is 6.26. The Bertz CT molecular complexity index is 367. The Kier molecular flexibility index (Phi) is 3.72. The van der Waals surface area contributed by atoms with E-state index < -0.39 is 0 Å². The number of morpholine rings is 1. The van der Waals surface area contributed by atoms with E-state index in [1.54, 1.807) is 0 Å². The van der Waals surface area contributed by atoms with Gasteiger partial charge < -0.3 is 9.64 Å². The second-order valence-corrected chi connectivity index (χ2v) is 4.65. The molecule has 1 aliphatic rings. The van der Waals surface area contributed by atoms with Gasteiger partial charge >= 0.3 is 0 Å². The van der Waals surface area contributed by atoms with Crippen LogP contribution in [0.25, 0.3) is 0 Å². The van der Waals surface area contributed by atoms with Crippen molar-refractivity contribution in [3.05, 3.63) is 29.3 Å². The van der Waals surface area contributed by atoms with E-state index in [4.69, 9.17) is 16.3 Å². The SMILES string of the molecule is Cc1cc(CCl)ccc1N1CCOC(C)C1. The fourth-order valence-electron chi connectivity index (χ4n) is 2.19. The van der Waals surface area contributed by atoms with Crippen LogP contribution < -0.4 is 4.90 Å². The van der Waals surface area contributed by atoms with Gasteiger partial charge in [0.25, 0.3) is 0 Å². The first-order chi connectivity index (χ1) is 7.70. The fraction of sp³-hybridized carbons (Fsp3) is 0.538. The van der Waals surface area contributed by atoms with Crippen molar-refractivity contribution in [3.63, 3.8) is 0 Å². The van der Waals surface area contributed by atoms with Crippen molar-refractivity contribution < 1.29 is 4.74 Å². The van der Waals surface area contributed by atoms with Crippen molar-refractivity contribution in [2.75, 3.05) is 24.6 Å². The Morgan fingerprint density at radius 1 is 1.50 bits per heavy atom. The Labute approximate surface area is 102 Å². The number of anilines is 1. The maximum absolute atomic E-state index is 5.83. The highest BCUT2D eigenvalue weighted by Gasteiger charge is 2.18. The van der Waals surface area contributed by atoms with Crippen molar-refractivity contribution in [3.8, 4) is 0 Å². The molecule has 0 aromatic heterocycles. The van der Waals surface area contributed by atoms with Crippen LogP contribution in [0.2, 0.25) is 0 Å². The summed E-state index contributed by atoms with van der Waals surface area (Å²) in [5, 5.41) is 0. The number of benzene rings is 1. The quantitative estimate of drug-likeness (QED) is 0.736. The summed E-state index contributed by atoms with van der Waals surface area (Å²) in [7, 11) is 0. The van der Waals surface area contributed by atoms with Gasteiger partial charge in [-0.15, -0.1) is 11.6 Å². The van der Waals surface area contributed by atoms with Crippen LogP contribution in [0.3, 0.4) is 0 Å². The van der Waals surface area contributed by atoms with Gasteiger partial charge in [0.1, 0.15) is 0 Å². The van der Waals surface area contributed by atoms with E-state index in [1.165, 1.54) is 16.8 Å². The van der Waals surface area contributed by atoms with Crippen LogP contribution in [-0.4, -0.2) is 25.8 Å². The van der Waals surface area contributed by atoms with E-state index >= 15 is 0 Å². The van der Waals surface area contributed by atoms with Gasteiger partial charge in [0.2, 0.25) is 0 Å². The van der Waals surface area contributed by atoms with Crippen molar-refractivity contribution in [2.45, 2.75) is 25.8 Å². The molecule has 0 bridgehead atoms. The lowest BCUT2D eigenvalue weighted by molar-refractivity contribution is 0.0532. The molecule has 3 heteroatoms. The highest BCUT2D eigenvalue weighted by Crippen LogP contribution is 2.23. The van der Waals surface area contributed by atoms with Crippen LogP contribution in [0.1, 0.15) is 18.1 Å². The molecule has 1 fully saturated rings. The van der Waals surface area contributed by atoms with Crippen molar-refractivity contribution in [1.29, 1.82) is 0 Å². The number of halogens is 1. The second-order valence-electron chi connectivity index (χ2n) is 4.38. The predicted octanol–water partition coefficient (Wildman–Crippen LogP) is 2.96. The number of nitrogens with zero attached hydrogens (tertiary/aromatic N) is 1. The molecule has 1 aliphatic heterocycles. The number of ether oxygens (including phenoxy) is 1. The summed E-state index contributed by atoms with van der Waals surface area (Å²) >= 11 is 5.83. The lowest BCUT2D eigenvalue weighted by Gasteiger charge is -2.34. The second kappa shape index (κ2) is 5.07. The van der Waals surface area contributed by atoms with Crippen LogP contribution in [0.5, 0.6) is 0 Å². The lowest BCUT2D eigenvalue weighted by atomic mass is 10.1. The third-order valence-corrected chi connectivity index (χ3v) is 3.31. The van der Waals surface area contributed by atoms with Crippen LogP contribution in [0.4, 0.5) is 5.69 Å². The fourth-order valence-corrected chi connectivity index (χ4v) is 2.36. The van der Waals surface area contributed by atoms with Gasteiger partial charge in [-0.05, 0) is 31.0 Å². The molecule has 1 unspecified atom stereocenters. The molecule has 1 heterocycles. The molecule has 2 nitrogen and oxygen atoms in total. The van der Waals surface area contributed by atoms with Gasteiger partial charge in [0.15, 0.2) is 0 Å². The average Bonchev–Trinajstić information content (AvgIpc) is 2.28. The topological polar surface area (TPSA) is 12.5 Å². The Morgan fingerprint density at radius 3 is 2.94 bits per heavy atom. The van der Waals surface area contributed by atoms with Gasteiger partial charge in [0.05, 0.1) is 12.7 Å². The molecular weight excluding hydrogens is 222 g/mol. The van der Waals surface area contributed by atoms with Crippen LogP contribution in [-0.2, 0) is 10.6 Å². The third-order valence-electron chi connectivity index (χ3n) is 3.00. The molecule has 1 atom stereocenters. The molecule has 1 aromatic carbocycles. The summed E-state index contributed by atoms with van der Waals surface area (Å²) in [6.07, 6.45) is 0.320. The van der Waals surface area contributed by atoms with Crippen LogP contribution in [0, 0.1) is 6.92 Å². The smallest absolute Gasteiger partial charge is 0.0722 e. The summed E-state index contributed by atoms with van der Waals surface area (Å²) in [6, 6.07) is 6.45. The Hall–Kier alpha value is -0.730. The minimum atomic E-state index is 0.320. The van der Waals surface area contributed by atoms with Crippen molar-refractivity contribution in [2.24, 2.45) is 0 Å². The molecule has 2 rings (SSSR count). The van der Waals surface area contributed by atoms with E-state index in [0.29, 0.717) is 12.0 Å². The molecule has 0 spiro atoms. The predicted molar refractivity (Wildman–Crippen MR) is 68.4 cm³/mol. The van der Waals surface area contributed by atoms with Crippen molar-refractivity contribution >= 4 is 17.3 Å². The highest BCUT2D eigenvalue weighted by atomic mass is 35.5. The van der Waals surface area contributed by atoms with Gasteiger partial charge in [-0.3, -0.25) is 0 Å². The number of hydrogen-bond acceptors (Lipinski definition) is 2. The minimum absolute atomic E-state index is 0.320. The summed E-state index contributed by atoms with van der Waals surface area (Å²) in [5.74, 6) is 0.584. The molecular formula is C13H18ClNO. The zero-order valence-electron chi connectivity index (χ0n) is 9.87. The standard InChI is InChI=1S/C13H18ClNO/c1-10-7-12(8-14)3-4-13(10)15-5-6-16-11(2)9-15/h3-4,7,11H,5-6,8-9H2,1-2H3. The van der Waals surface area contributed by atoms with Gasteiger partial charge in [-0.25, -0.2) is 0 Å². The molecule has 0 amide bonds. The monoisotopic (exact) mass is 239 g/mol. The minimum Gasteiger partial charge on any atom is -0.375 e. The van der Waals surface area contributed by atoms with Crippen molar-refractivity contribution in [1.82, 2.24) is 0 Å². The first-order valence-electron chi connectivity index (χ1n) is 5.72.